The Hall–Kier alpha value is -1.40. The first kappa shape index (κ1) is 28.2. The van der Waals surface area contributed by atoms with Crippen LogP contribution >= 0.6 is 7.60 Å². The van der Waals surface area contributed by atoms with Crippen molar-refractivity contribution >= 4 is 19.2 Å². The van der Waals surface area contributed by atoms with Gasteiger partial charge in [-0.05, 0) is 80.5 Å². The van der Waals surface area contributed by atoms with Crippen molar-refractivity contribution in [3.05, 3.63) is 23.8 Å². The second-order valence-electron chi connectivity index (χ2n) is 10.8. The summed E-state index contributed by atoms with van der Waals surface area (Å²) in [4.78, 5) is 14.7. The molecule has 0 aromatic heterocycles. The Bertz CT molecular complexity index is 877. The third kappa shape index (κ3) is 8.04. The minimum Gasteiger partial charge on any atom is -0.490 e. The van der Waals surface area contributed by atoms with Gasteiger partial charge >= 0.3 is 7.60 Å². The lowest BCUT2D eigenvalue weighted by Gasteiger charge is -2.37. The van der Waals surface area contributed by atoms with Crippen molar-refractivity contribution < 1.29 is 23.1 Å². The van der Waals surface area contributed by atoms with Crippen LogP contribution in [0.5, 0.6) is 5.75 Å². The number of ether oxygens (including phenoxy) is 1. The molecule has 7 nitrogen and oxygen atoms in total. The Morgan fingerprint density at radius 2 is 1.89 bits per heavy atom. The number of benzene rings is 1. The molecule has 0 saturated heterocycles. The number of amides is 1. The first-order chi connectivity index (χ1) is 16.6. The van der Waals surface area contributed by atoms with E-state index in [1.54, 1.807) is 6.92 Å². The van der Waals surface area contributed by atoms with Crippen LogP contribution in [0.2, 0.25) is 0 Å². The average molecular weight is 509 g/mol. The third-order valence-electron chi connectivity index (χ3n) is 7.11. The fraction of sp³-hybridized carbons (Fsp3) is 0.741. The molecule has 0 spiro atoms. The smallest absolute Gasteiger partial charge is 0.331 e. The molecule has 1 aliphatic heterocycles. The van der Waals surface area contributed by atoms with E-state index in [-0.39, 0.29) is 24.7 Å². The molecule has 1 aromatic rings. The molecule has 0 radical (unpaired) electrons. The monoisotopic (exact) mass is 508 g/mol. The Morgan fingerprint density at radius 1 is 1.14 bits per heavy atom. The molecule has 3 rings (SSSR count). The van der Waals surface area contributed by atoms with Gasteiger partial charge in [0, 0.05) is 18.8 Å². The van der Waals surface area contributed by atoms with E-state index in [4.69, 9.17) is 13.8 Å². The summed E-state index contributed by atoms with van der Waals surface area (Å²) in [5, 5.41) is 3.11. The molecule has 1 aliphatic carbocycles. The Kier molecular flexibility index (Phi) is 10.2. The molecule has 1 unspecified atom stereocenters. The molecule has 35 heavy (non-hydrogen) atoms. The number of carbonyl (C=O) groups is 1. The minimum atomic E-state index is -3.11. The SMILES string of the molecule is CCCOP(=O)(CCNCC(=O)N1CCc2cc(OC3CCC(C(C)(C)C)CC3)ccc21)OCC. The predicted molar refractivity (Wildman–Crippen MR) is 142 cm³/mol. The summed E-state index contributed by atoms with van der Waals surface area (Å²) in [5.74, 6) is 1.69. The summed E-state index contributed by atoms with van der Waals surface area (Å²) in [6, 6.07) is 6.12. The highest BCUT2D eigenvalue weighted by molar-refractivity contribution is 7.53. The zero-order valence-electron chi connectivity index (χ0n) is 22.3. The summed E-state index contributed by atoms with van der Waals surface area (Å²) in [6.07, 6.45) is 6.80. The fourth-order valence-corrected chi connectivity index (χ4v) is 6.67. The maximum Gasteiger partial charge on any atom is 0.331 e. The van der Waals surface area contributed by atoms with Gasteiger partial charge in [-0.3, -0.25) is 9.36 Å². The summed E-state index contributed by atoms with van der Waals surface area (Å²) in [6.45, 7) is 12.8. The topological polar surface area (TPSA) is 77.1 Å². The zero-order chi connectivity index (χ0) is 25.5. The molecule has 198 valence electrons. The van der Waals surface area contributed by atoms with Crippen LogP contribution in [0.3, 0.4) is 0 Å². The van der Waals surface area contributed by atoms with Gasteiger partial charge in [0.1, 0.15) is 5.75 Å². The summed E-state index contributed by atoms with van der Waals surface area (Å²) < 4.78 is 29.8. The molecule has 1 fully saturated rings. The van der Waals surface area contributed by atoms with Crippen LogP contribution in [0.25, 0.3) is 0 Å². The molecular formula is C27H45N2O5P. The average Bonchev–Trinajstić information content (AvgIpc) is 3.24. The van der Waals surface area contributed by atoms with E-state index >= 15 is 0 Å². The van der Waals surface area contributed by atoms with Crippen molar-refractivity contribution in [1.29, 1.82) is 0 Å². The van der Waals surface area contributed by atoms with E-state index in [0.717, 1.165) is 48.6 Å². The lowest BCUT2D eigenvalue weighted by Crippen LogP contribution is -2.38. The quantitative estimate of drug-likeness (QED) is 0.284. The number of hydrogen-bond donors (Lipinski definition) is 1. The van der Waals surface area contributed by atoms with E-state index < -0.39 is 7.60 Å². The number of rotatable bonds is 12. The van der Waals surface area contributed by atoms with Gasteiger partial charge in [-0.15, -0.1) is 0 Å². The zero-order valence-corrected chi connectivity index (χ0v) is 23.2. The number of hydrogen-bond acceptors (Lipinski definition) is 6. The molecule has 1 saturated carbocycles. The normalized spacial score (nSPS) is 22.0. The highest BCUT2D eigenvalue weighted by Crippen LogP contribution is 2.47. The molecule has 8 heteroatoms. The second kappa shape index (κ2) is 12.7. The first-order valence-corrected chi connectivity index (χ1v) is 15.1. The van der Waals surface area contributed by atoms with E-state index in [9.17, 15) is 9.36 Å². The largest absolute Gasteiger partial charge is 0.490 e. The van der Waals surface area contributed by atoms with Gasteiger partial charge in [0.15, 0.2) is 0 Å². The standard InChI is InChI=1S/C27H45N2O5P/c1-6-17-33-35(31,32-7-2)18-15-28-20-26(30)29-16-14-21-19-24(12-13-25(21)29)34-23-10-8-22(9-11-23)27(3,4)5/h12-13,19,22-23,28H,6-11,14-18,20H2,1-5H3. The van der Waals surface area contributed by atoms with Crippen LogP contribution in [0.1, 0.15) is 72.3 Å². The maximum absolute atomic E-state index is 12.8. The second-order valence-corrected chi connectivity index (χ2v) is 13.0. The number of nitrogens with one attached hydrogen (secondary N) is 1. The van der Waals surface area contributed by atoms with Crippen LogP contribution < -0.4 is 15.0 Å². The van der Waals surface area contributed by atoms with Crippen molar-refractivity contribution in [3.63, 3.8) is 0 Å². The van der Waals surface area contributed by atoms with Crippen molar-refractivity contribution in [2.45, 2.75) is 79.2 Å². The van der Waals surface area contributed by atoms with Gasteiger partial charge in [0.05, 0.1) is 32.0 Å². The van der Waals surface area contributed by atoms with Gasteiger partial charge in [-0.2, -0.15) is 0 Å². The fourth-order valence-electron chi connectivity index (χ4n) is 5.05. The van der Waals surface area contributed by atoms with Crippen LogP contribution in [0.15, 0.2) is 18.2 Å². The summed E-state index contributed by atoms with van der Waals surface area (Å²) >= 11 is 0. The molecule has 1 amide bonds. The van der Waals surface area contributed by atoms with Crippen molar-refractivity contribution in [2.75, 3.05) is 43.9 Å². The van der Waals surface area contributed by atoms with E-state index in [1.165, 1.54) is 12.8 Å². The Labute approximate surface area is 211 Å². The van der Waals surface area contributed by atoms with Gasteiger partial charge in [-0.25, -0.2) is 0 Å². The minimum absolute atomic E-state index is 0.0126. The molecule has 1 heterocycles. The molecule has 1 atom stereocenters. The van der Waals surface area contributed by atoms with Gasteiger partial charge in [-0.1, -0.05) is 27.7 Å². The van der Waals surface area contributed by atoms with Crippen LogP contribution in [0, 0.1) is 11.3 Å². The molecule has 2 aliphatic rings. The molecular weight excluding hydrogens is 463 g/mol. The predicted octanol–water partition coefficient (Wildman–Crippen LogP) is 5.81. The first-order valence-electron chi connectivity index (χ1n) is 13.3. The van der Waals surface area contributed by atoms with Crippen LogP contribution in [-0.4, -0.2) is 51.0 Å². The summed E-state index contributed by atoms with van der Waals surface area (Å²) in [5.41, 5.74) is 2.50. The maximum atomic E-state index is 12.8. The lowest BCUT2D eigenvalue weighted by molar-refractivity contribution is -0.117. The van der Waals surface area contributed by atoms with Gasteiger partial charge < -0.3 is 24.0 Å². The van der Waals surface area contributed by atoms with Crippen molar-refractivity contribution in [2.24, 2.45) is 11.3 Å². The van der Waals surface area contributed by atoms with Crippen molar-refractivity contribution in [3.8, 4) is 5.75 Å². The Morgan fingerprint density at radius 3 is 2.54 bits per heavy atom. The lowest BCUT2D eigenvalue weighted by atomic mass is 9.72. The van der Waals surface area contributed by atoms with Gasteiger partial charge in [0.25, 0.3) is 0 Å². The van der Waals surface area contributed by atoms with E-state index in [2.05, 4.69) is 32.2 Å². The van der Waals surface area contributed by atoms with Gasteiger partial charge in [0.2, 0.25) is 5.91 Å². The Balaban J connectivity index is 1.46. The highest BCUT2D eigenvalue weighted by atomic mass is 31.2. The summed E-state index contributed by atoms with van der Waals surface area (Å²) in [7, 11) is -3.11. The molecule has 0 bridgehead atoms. The van der Waals surface area contributed by atoms with Crippen LogP contribution in [0.4, 0.5) is 5.69 Å². The van der Waals surface area contributed by atoms with E-state index in [1.807, 2.05) is 24.0 Å². The highest BCUT2D eigenvalue weighted by Gasteiger charge is 2.31. The number of anilines is 1. The molecule has 1 aromatic carbocycles. The van der Waals surface area contributed by atoms with Crippen molar-refractivity contribution in [1.82, 2.24) is 5.32 Å². The number of fused-ring (bicyclic) bond motifs is 1. The van der Waals surface area contributed by atoms with Crippen LogP contribution in [-0.2, 0) is 24.8 Å². The third-order valence-corrected chi connectivity index (χ3v) is 9.10. The number of nitrogens with zero attached hydrogens (tertiary/aromatic N) is 1. The van der Waals surface area contributed by atoms with E-state index in [0.29, 0.717) is 31.7 Å². The number of carbonyl (C=O) groups excluding carboxylic acids is 1. The molecule has 1 N–H and O–H groups in total.